The molecule has 3 nitrogen and oxygen atoms in total. The molecular weight excluding hydrogens is 188 g/mol. The number of fused-ring (bicyclic) bond motifs is 1. The van der Waals surface area contributed by atoms with E-state index in [2.05, 4.69) is 17.4 Å². The Morgan fingerprint density at radius 3 is 3.13 bits per heavy atom. The maximum Gasteiger partial charge on any atom is 0.119 e. The van der Waals surface area contributed by atoms with Gasteiger partial charge in [-0.3, -0.25) is 0 Å². The summed E-state index contributed by atoms with van der Waals surface area (Å²) in [5.74, 6) is 1.60. The highest BCUT2D eigenvalue weighted by atomic mass is 16.5. The zero-order chi connectivity index (χ0) is 10.7. The second kappa shape index (κ2) is 4.53. The number of benzene rings is 1. The third-order valence-corrected chi connectivity index (χ3v) is 2.98. The SMILES string of the molecule is COc1ccc2c(c1)CC(CCN)CN2. The fourth-order valence-electron chi connectivity index (χ4n) is 2.12. The van der Waals surface area contributed by atoms with Gasteiger partial charge in [-0.2, -0.15) is 0 Å². The van der Waals surface area contributed by atoms with Crippen molar-refractivity contribution >= 4 is 5.69 Å². The van der Waals surface area contributed by atoms with E-state index in [0.717, 1.165) is 31.7 Å². The monoisotopic (exact) mass is 206 g/mol. The number of anilines is 1. The molecule has 3 heteroatoms. The van der Waals surface area contributed by atoms with E-state index in [0.29, 0.717) is 5.92 Å². The summed E-state index contributed by atoms with van der Waals surface area (Å²) in [7, 11) is 1.70. The average molecular weight is 206 g/mol. The Balaban J connectivity index is 2.16. The predicted molar refractivity (Wildman–Crippen MR) is 62.3 cm³/mol. The summed E-state index contributed by atoms with van der Waals surface area (Å²) in [6, 6.07) is 6.20. The van der Waals surface area contributed by atoms with Crippen LogP contribution in [0.2, 0.25) is 0 Å². The van der Waals surface area contributed by atoms with Gasteiger partial charge in [-0.25, -0.2) is 0 Å². The Kier molecular flexibility index (Phi) is 3.11. The summed E-state index contributed by atoms with van der Waals surface area (Å²) in [6.45, 7) is 1.81. The molecule has 82 valence electrons. The van der Waals surface area contributed by atoms with Crippen LogP contribution in [0.3, 0.4) is 0 Å². The normalized spacial score (nSPS) is 19.2. The fraction of sp³-hybridized carbons (Fsp3) is 0.500. The molecule has 0 aliphatic carbocycles. The predicted octanol–water partition coefficient (Wildman–Crippen LogP) is 1.63. The summed E-state index contributed by atoms with van der Waals surface area (Å²) >= 11 is 0. The molecule has 0 spiro atoms. The Morgan fingerprint density at radius 1 is 1.53 bits per heavy atom. The van der Waals surface area contributed by atoms with Crippen LogP contribution in [-0.4, -0.2) is 20.2 Å². The van der Waals surface area contributed by atoms with Gasteiger partial charge < -0.3 is 15.8 Å². The van der Waals surface area contributed by atoms with E-state index >= 15 is 0 Å². The van der Waals surface area contributed by atoms with Gasteiger partial charge >= 0.3 is 0 Å². The Bertz CT molecular complexity index is 338. The Labute approximate surface area is 90.6 Å². The minimum absolute atomic E-state index is 0.662. The molecule has 1 aromatic rings. The highest BCUT2D eigenvalue weighted by molar-refractivity contribution is 5.56. The number of methoxy groups -OCH3 is 1. The van der Waals surface area contributed by atoms with Gasteiger partial charge in [0.1, 0.15) is 5.75 Å². The van der Waals surface area contributed by atoms with Crippen LogP contribution in [0.5, 0.6) is 5.75 Å². The standard InChI is InChI=1S/C12H18N2O/c1-15-11-2-3-12-10(7-11)6-9(4-5-13)8-14-12/h2-3,7,9,14H,4-6,8,13H2,1H3. The molecule has 0 saturated carbocycles. The van der Waals surface area contributed by atoms with Gasteiger partial charge in [0.15, 0.2) is 0 Å². The molecular formula is C12H18N2O. The average Bonchev–Trinajstić information content (AvgIpc) is 2.28. The van der Waals surface area contributed by atoms with Crippen molar-refractivity contribution in [3.8, 4) is 5.75 Å². The van der Waals surface area contributed by atoms with Crippen molar-refractivity contribution in [2.24, 2.45) is 11.7 Å². The van der Waals surface area contributed by atoms with Crippen LogP contribution in [0, 0.1) is 5.92 Å². The van der Waals surface area contributed by atoms with Gasteiger partial charge in [0, 0.05) is 12.2 Å². The fourth-order valence-corrected chi connectivity index (χ4v) is 2.12. The van der Waals surface area contributed by atoms with Crippen LogP contribution in [-0.2, 0) is 6.42 Å². The van der Waals surface area contributed by atoms with Crippen LogP contribution in [0.4, 0.5) is 5.69 Å². The lowest BCUT2D eigenvalue weighted by Crippen LogP contribution is -2.25. The highest BCUT2D eigenvalue weighted by Crippen LogP contribution is 2.29. The largest absolute Gasteiger partial charge is 0.497 e. The van der Waals surface area contributed by atoms with E-state index in [4.69, 9.17) is 10.5 Å². The van der Waals surface area contributed by atoms with Crippen molar-refractivity contribution in [3.05, 3.63) is 23.8 Å². The number of ether oxygens (including phenoxy) is 1. The molecule has 1 aliphatic heterocycles. The first-order chi connectivity index (χ1) is 7.33. The first-order valence-electron chi connectivity index (χ1n) is 5.44. The lowest BCUT2D eigenvalue weighted by Gasteiger charge is -2.26. The summed E-state index contributed by atoms with van der Waals surface area (Å²) in [5, 5.41) is 3.44. The second-order valence-electron chi connectivity index (χ2n) is 4.05. The van der Waals surface area contributed by atoms with E-state index in [1.807, 2.05) is 6.07 Å². The number of hydrogen-bond acceptors (Lipinski definition) is 3. The Morgan fingerprint density at radius 2 is 2.40 bits per heavy atom. The summed E-state index contributed by atoms with van der Waals surface area (Å²) < 4.78 is 5.22. The number of hydrogen-bond donors (Lipinski definition) is 2. The third kappa shape index (κ3) is 2.23. The van der Waals surface area contributed by atoms with Crippen LogP contribution in [0.15, 0.2) is 18.2 Å². The first-order valence-corrected chi connectivity index (χ1v) is 5.44. The van der Waals surface area contributed by atoms with Crippen molar-refractivity contribution < 1.29 is 4.74 Å². The maximum atomic E-state index is 5.58. The highest BCUT2D eigenvalue weighted by Gasteiger charge is 2.17. The molecule has 1 aliphatic rings. The molecule has 0 aromatic heterocycles. The summed E-state index contributed by atoms with van der Waals surface area (Å²) in [4.78, 5) is 0. The molecule has 3 N–H and O–H groups in total. The molecule has 15 heavy (non-hydrogen) atoms. The van der Waals surface area contributed by atoms with Crippen LogP contribution >= 0.6 is 0 Å². The Hall–Kier alpha value is -1.22. The zero-order valence-corrected chi connectivity index (χ0v) is 9.12. The van der Waals surface area contributed by atoms with Gasteiger partial charge in [0.2, 0.25) is 0 Å². The molecule has 0 amide bonds. The molecule has 0 bridgehead atoms. The van der Waals surface area contributed by atoms with Crippen molar-refractivity contribution in [2.45, 2.75) is 12.8 Å². The minimum atomic E-state index is 0.662. The zero-order valence-electron chi connectivity index (χ0n) is 9.12. The molecule has 0 fully saturated rings. The van der Waals surface area contributed by atoms with E-state index in [1.54, 1.807) is 7.11 Å². The number of nitrogens with two attached hydrogens (primary N) is 1. The minimum Gasteiger partial charge on any atom is -0.497 e. The number of rotatable bonds is 3. The summed E-state index contributed by atoms with van der Waals surface area (Å²) in [5.41, 5.74) is 8.17. The smallest absolute Gasteiger partial charge is 0.119 e. The second-order valence-corrected chi connectivity index (χ2v) is 4.05. The molecule has 0 saturated heterocycles. The summed E-state index contributed by atoms with van der Waals surface area (Å²) in [6.07, 6.45) is 2.19. The van der Waals surface area contributed by atoms with Gasteiger partial charge in [-0.05, 0) is 49.1 Å². The van der Waals surface area contributed by atoms with E-state index < -0.39 is 0 Å². The molecule has 2 rings (SSSR count). The topological polar surface area (TPSA) is 47.3 Å². The van der Waals surface area contributed by atoms with E-state index in [9.17, 15) is 0 Å². The first kappa shape index (κ1) is 10.3. The quantitative estimate of drug-likeness (QED) is 0.790. The van der Waals surface area contributed by atoms with Gasteiger partial charge in [0.05, 0.1) is 7.11 Å². The molecule has 1 atom stereocenters. The maximum absolute atomic E-state index is 5.58. The molecule has 1 heterocycles. The van der Waals surface area contributed by atoms with Gasteiger partial charge in [0.25, 0.3) is 0 Å². The van der Waals surface area contributed by atoms with Crippen molar-refractivity contribution in [1.82, 2.24) is 0 Å². The van der Waals surface area contributed by atoms with Crippen molar-refractivity contribution in [2.75, 3.05) is 25.5 Å². The molecule has 1 unspecified atom stereocenters. The van der Waals surface area contributed by atoms with Gasteiger partial charge in [-0.15, -0.1) is 0 Å². The molecule has 0 radical (unpaired) electrons. The van der Waals surface area contributed by atoms with E-state index in [1.165, 1.54) is 11.3 Å². The van der Waals surface area contributed by atoms with Crippen molar-refractivity contribution in [3.63, 3.8) is 0 Å². The number of nitrogens with one attached hydrogen (secondary N) is 1. The van der Waals surface area contributed by atoms with Crippen LogP contribution in [0.25, 0.3) is 0 Å². The van der Waals surface area contributed by atoms with Crippen LogP contribution in [0.1, 0.15) is 12.0 Å². The van der Waals surface area contributed by atoms with Gasteiger partial charge in [-0.1, -0.05) is 0 Å². The lowest BCUT2D eigenvalue weighted by molar-refractivity contribution is 0.413. The molecule has 1 aromatic carbocycles. The van der Waals surface area contributed by atoms with E-state index in [-0.39, 0.29) is 0 Å². The lowest BCUT2D eigenvalue weighted by atomic mass is 9.91. The van der Waals surface area contributed by atoms with Crippen molar-refractivity contribution in [1.29, 1.82) is 0 Å². The third-order valence-electron chi connectivity index (χ3n) is 2.98. The van der Waals surface area contributed by atoms with Crippen LogP contribution < -0.4 is 15.8 Å².